The zero-order valence-electron chi connectivity index (χ0n) is 13.2. The number of aromatic nitrogens is 3. The van der Waals surface area contributed by atoms with Gasteiger partial charge in [-0.25, -0.2) is 0 Å². The van der Waals surface area contributed by atoms with Crippen molar-refractivity contribution in [2.45, 2.75) is 38.5 Å². The number of alkyl halides is 3. The molecule has 0 radical (unpaired) electrons. The fourth-order valence-electron chi connectivity index (χ4n) is 4.00. The minimum atomic E-state index is -4.51. The zero-order valence-corrected chi connectivity index (χ0v) is 13.2. The van der Waals surface area contributed by atoms with Gasteiger partial charge >= 0.3 is 6.18 Å². The number of rotatable bonds is 2. The lowest BCUT2D eigenvalue weighted by molar-refractivity contribution is -0.148. The van der Waals surface area contributed by atoms with Crippen molar-refractivity contribution in [2.75, 3.05) is 19.6 Å². The number of fused-ring (bicyclic) bond motifs is 1. The van der Waals surface area contributed by atoms with Gasteiger partial charge in [0.15, 0.2) is 5.82 Å². The van der Waals surface area contributed by atoms with Gasteiger partial charge in [-0.2, -0.15) is 13.2 Å². The van der Waals surface area contributed by atoms with Crippen LogP contribution in [0, 0.1) is 17.8 Å². The fraction of sp³-hybridized carbons (Fsp3) is 0.800. The van der Waals surface area contributed by atoms with Crippen LogP contribution in [-0.2, 0) is 24.1 Å². The van der Waals surface area contributed by atoms with E-state index in [9.17, 15) is 18.0 Å². The molecule has 1 saturated carbocycles. The summed E-state index contributed by atoms with van der Waals surface area (Å²) in [7, 11) is 0. The number of piperidine rings is 1. The summed E-state index contributed by atoms with van der Waals surface area (Å²) < 4.78 is 39.8. The number of hydrogen-bond acceptors (Lipinski definition) is 4. The molecule has 1 aromatic heterocycles. The van der Waals surface area contributed by atoms with Gasteiger partial charge in [0.1, 0.15) is 0 Å². The van der Waals surface area contributed by atoms with E-state index in [1.54, 1.807) is 4.90 Å². The van der Waals surface area contributed by atoms with Gasteiger partial charge in [0, 0.05) is 19.0 Å². The molecule has 132 valence electrons. The third-order valence-corrected chi connectivity index (χ3v) is 5.39. The minimum absolute atomic E-state index is 0.0182. The lowest BCUT2D eigenvalue weighted by Gasteiger charge is -2.36. The summed E-state index contributed by atoms with van der Waals surface area (Å²) >= 11 is 0. The van der Waals surface area contributed by atoms with Crippen molar-refractivity contribution >= 4 is 5.91 Å². The molecule has 1 saturated heterocycles. The molecule has 1 aromatic rings. The molecule has 0 aromatic carbocycles. The number of hydrogen-bond donors (Lipinski definition) is 1. The second kappa shape index (κ2) is 5.72. The lowest BCUT2D eigenvalue weighted by Crippen LogP contribution is -2.49. The van der Waals surface area contributed by atoms with Crippen LogP contribution in [0.15, 0.2) is 0 Å². The number of nitrogens with zero attached hydrogens (tertiary/aromatic N) is 4. The monoisotopic (exact) mass is 343 g/mol. The molecule has 1 amide bonds. The second-order valence-electron chi connectivity index (χ2n) is 6.95. The summed E-state index contributed by atoms with van der Waals surface area (Å²) in [4.78, 5) is 14.6. The predicted molar refractivity (Wildman–Crippen MR) is 77.6 cm³/mol. The van der Waals surface area contributed by atoms with Gasteiger partial charge < -0.3 is 14.8 Å². The van der Waals surface area contributed by atoms with E-state index >= 15 is 0 Å². The summed E-state index contributed by atoms with van der Waals surface area (Å²) in [6.07, 6.45) is -1.35. The number of carbonyl (C=O) groups excluding carboxylic acids is 1. The summed E-state index contributed by atoms with van der Waals surface area (Å²) in [5, 5.41) is 10.3. The van der Waals surface area contributed by atoms with E-state index in [2.05, 4.69) is 15.5 Å². The van der Waals surface area contributed by atoms with Crippen molar-refractivity contribution in [3.63, 3.8) is 0 Å². The summed E-state index contributed by atoms with van der Waals surface area (Å²) in [6, 6.07) is 0. The Bertz CT molecular complexity index is 640. The minimum Gasteiger partial charge on any atom is -0.333 e. The Morgan fingerprint density at radius 2 is 1.96 bits per heavy atom. The quantitative estimate of drug-likeness (QED) is 0.879. The standard InChI is InChI=1S/C15H20F3N5O/c16-15(17,18)14-21-20-12-8-22(5-6-23(12)14)13(24)10-3-4-19-7-11(10)9-1-2-9/h9-11,19H,1-8H2/t10-,11-/m0/s1. The maximum Gasteiger partial charge on any atom is 0.451 e. The van der Waals surface area contributed by atoms with Gasteiger partial charge in [0.2, 0.25) is 11.7 Å². The van der Waals surface area contributed by atoms with Gasteiger partial charge in [0.25, 0.3) is 0 Å². The van der Waals surface area contributed by atoms with Crippen molar-refractivity contribution in [1.82, 2.24) is 25.0 Å². The van der Waals surface area contributed by atoms with Crippen LogP contribution in [-0.4, -0.2) is 45.2 Å². The van der Waals surface area contributed by atoms with Gasteiger partial charge in [-0.3, -0.25) is 4.79 Å². The maximum atomic E-state index is 12.9. The number of halogens is 3. The van der Waals surface area contributed by atoms with Crippen LogP contribution < -0.4 is 5.32 Å². The molecule has 9 heteroatoms. The normalized spacial score (nSPS) is 27.9. The largest absolute Gasteiger partial charge is 0.451 e. The van der Waals surface area contributed by atoms with Crippen LogP contribution in [0.2, 0.25) is 0 Å². The van der Waals surface area contributed by atoms with E-state index in [0.717, 1.165) is 24.1 Å². The van der Waals surface area contributed by atoms with Crippen LogP contribution in [0.25, 0.3) is 0 Å². The summed E-state index contributed by atoms with van der Waals surface area (Å²) in [5.74, 6) is 0.279. The van der Waals surface area contributed by atoms with E-state index < -0.39 is 12.0 Å². The van der Waals surface area contributed by atoms with Crippen molar-refractivity contribution < 1.29 is 18.0 Å². The first-order valence-corrected chi connectivity index (χ1v) is 8.44. The highest BCUT2D eigenvalue weighted by Gasteiger charge is 2.44. The van der Waals surface area contributed by atoms with Gasteiger partial charge in [-0.15, -0.1) is 10.2 Å². The van der Waals surface area contributed by atoms with Crippen LogP contribution in [0.3, 0.4) is 0 Å². The average Bonchev–Trinajstić information content (AvgIpc) is 3.31. The molecular formula is C15H20F3N5O. The molecule has 0 spiro atoms. The van der Waals surface area contributed by atoms with Crippen LogP contribution in [0.5, 0.6) is 0 Å². The highest BCUT2D eigenvalue weighted by molar-refractivity contribution is 5.79. The van der Waals surface area contributed by atoms with Crippen molar-refractivity contribution in [1.29, 1.82) is 0 Å². The van der Waals surface area contributed by atoms with Gasteiger partial charge in [-0.05, 0) is 44.2 Å². The van der Waals surface area contributed by atoms with E-state index in [4.69, 9.17) is 0 Å². The van der Waals surface area contributed by atoms with Crippen LogP contribution in [0.4, 0.5) is 13.2 Å². The molecule has 2 atom stereocenters. The zero-order chi connectivity index (χ0) is 16.9. The molecule has 1 N–H and O–H groups in total. The smallest absolute Gasteiger partial charge is 0.333 e. The second-order valence-corrected chi connectivity index (χ2v) is 6.95. The first-order valence-electron chi connectivity index (χ1n) is 8.44. The SMILES string of the molecule is O=C([C@H]1CCNC[C@H]1C1CC1)N1CCn2c(nnc2C(F)(F)F)C1. The van der Waals surface area contributed by atoms with E-state index in [1.165, 1.54) is 12.8 Å². The molecule has 2 aliphatic heterocycles. The number of nitrogens with one attached hydrogen (secondary N) is 1. The average molecular weight is 343 g/mol. The van der Waals surface area contributed by atoms with Crippen molar-refractivity contribution in [2.24, 2.45) is 17.8 Å². The summed E-state index contributed by atoms with van der Waals surface area (Å²) in [5.41, 5.74) is 0. The van der Waals surface area contributed by atoms with Gasteiger partial charge in [0.05, 0.1) is 6.54 Å². The van der Waals surface area contributed by atoms with Crippen LogP contribution >= 0.6 is 0 Å². The Labute approximate surface area is 137 Å². The third-order valence-electron chi connectivity index (χ3n) is 5.39. The maximum absolute atomic E-state index is 12.9. The first kappa shape index (κ1) is 15.9. The van der Waals surface area contributed by atoms with E-state index in [0.29, 0.717) is 11.8 Å². The Hall–Kier alpha value is -1.64. The predicted octanol–water partition coefficient (Wildman–Crippen LogP) is 1.27. The Morgan fingerprint density at radius 1 is 1.17 bits per heavy atom. The fourth-order valence-corrected chi connectivity index (χ4v) is 4.00. The van der Waals surface area contributed by atoms with Crippen molar-refractivity contribution in [3.05, 3.63) is 11.6 Å². The summed E-state index contributed by atoms with van der Waals surface area (Å²) in [6.45, 7) is 2.19. The Kier molecular flexibility index (Phi) is 3.78. The topological polar surface area (TPSA) is 63.1 Å². The van der Waals surface area contributed by atoms with Crippen molar-refractivity contribution in [3.8, 4) is 0 Å². The highest BCUT2D eigenvalue weighted by Crippen LogP contribution is 2.43. The Morgan fingerprint density at radius 3 is 2.67 bits per heavy atom. The highest BCUT2D eigenvalue weighted by atomic mass is 19.4. The van der Waals surface area contributed by atoms with Gasteiger partial charge in [-0.1, -0.05) is 0 Å². The molecule has 0 unspecified atom stereocenters. The molecule has 2 fully saturated rings. The number of amides is 1. The number of carbonyl (C=O) groups is 1. The first-order chi connectivity index (χ1) is 11.4. The molecular weight excluding hydrogens is 323 g/mol. The molecule has 24 heavy (non-hydrogen) atoms. The molecule has 1 aliphatic carbocycles. The van der Waals surface area contributed by atoms with E-state index in [-0.39, 0.29) is 37.3 Å². The molecule has 3 aliphatic rings. The van der Waals surface area contributed by atoms with Crippen LogP contribution in [0.1, 0.15) is 30.9 Å². The molecule has 4 rings (SSSR count). The molecule has 6 nitrogen and oxygen atoms in total. The molecule has 0 bridgehead atoms. The Balaban J connectivity index is 1.50. The van der Waals surface area contributed by atoms with E-state index in [1.807, 2.05) is 0 Å². The third kappa shape index (κ3) is 2.78. The lowest BCUT2D eigenvalue weighted by atomic mass is 9.82. The molecule has 3 heterocycles.